The Hall–Kier alpha value is -1.48. The number of hydrogen-bond donors (Lipinski definition) is 1. The highest BCUT2D eigenvalue weighted by atomic mass is 32.1. The van der Waals surface area contributed by atoms with E-state index in [9.17, 15) is 5.11 Å². The van der Waals surface area contributed by atoms with Crippen molar-refractivity contribution in [2.45, 2.75) is 26.2 Å². The van der Waals surface area contributed by atoms with Crippen molar-refractivity contribution >= 4 is 11.3 Å². The number of hydrogen-bond acceptors (Lipinski definition) is 3. The molecule has 0 amide bonds. The van der Waals surface area contributed by atoms with Gasteiger partial charge in [0, 0.05) is 15.7 Å². The van der Waals surface area contributed by atoms with Gasteiger partial charge in [0.15, 0.2) is 11.5 Å². The maximum Gasteiger partial charge on any atom is 0.160 e. The molecule has 0 aliphatic heterocycles. The zero-order chi connectivity index (χ0) is 13.1. The lowest BCUT2D eigenvalue weighted by Crippen LogP contribution is -1.93. The minimum Gasteiger partial charge on any atom is -0.504 e. The predicted octanol–water partition coefficient (Wildman–Crippen LogP) is 4.18. The molecular formula is C15H18O2S. The van der Waals surface area contributed by atoms with Gasteiger partial charge in [0.25, 0.3) is 0 Å². The molecule has 1 unspecified atom stereocenters. The van der Waals surface area contributed by atoms with Gasteiger partial charge in [-0.2, -0.15) is 0 Å². The van der Waals surface area contributed by atoms with Crippen molar-refractivity contribution in [1.29, 1.82) is 0 Å². The number of aromatic hydroxyl groups is 1. The van der Waals surface area contributed by atoms with Crippen LogP contribution in [-0.4, -0.2) is 12.2 Å². The van der Waals surface area contributed by atoms with Crippen LogP contribution in [-0.2, 0) is 6.42 Å². The van der Waals surface area contributed by atoms with Gasteiger partial charge < -0.3 is 9.84 Å². The summed E-state index contributed by atoms with van der Waals surface area (Å²) >= 11 is 1.84. The van der Waals surface area contributed by atoms with Crippen molar-refractivity contribution in [2.75, 3.05) is 7.11 Å². The Kier molecular flexibility index (Phi) is 3.92. The fraction of sp³-hybridized carbons (Fsp3) is 0.333. The van der Waals surface area contributed by atoms with Crippen molar-refractivity contribution in [3.63, 3.8) is 0 Å². The van der Waals surface area contributed by atoms with E-state index in [-0.39, 0.29) is 5.75 Å². The van der Waals surface area contributed by atoms with E-state index in [2.05, 4.69) is 26.0 Å². The molecule has 0 saturated heterocycles. The molecule has 0 radical (unpaired) electrons. The van der Waals surface area contributed by atoms with Crippen molar-refractivity contribution in [3.8, 4) is 11.5 Å². The second-order valence-corrected chi connectivity index (χ2v) is 5.51. The molecule has 1 N–H and O–H groups in total. The van der Waals surface area contributed by atoms with E-state index in [1.165, 1.54) is 9.75 Å². The van der Waals surface area contributed by atoms with Gasteiger partial charge in [0.2, 0.25) is 0 Å². The Morgan fingerprint density at radius 1 is 1.28 bits per heavy atom. The molecule has 1 heterocycles. The van der Waals surface area contributed by atoms with Crippen LogP contribution in [0.5, 0.6) is 11.5 Å². The van der Waals surface area contributed by atoms with Gasteiger partial charge >= 0.3 is 0 Å². The maximum atomic E-state index is 9.82. The molecule has 0 bridgehead atoms. The van der Waals surface area contributed by atoms with Crippen molar-refractivity contribution in [2.24, 2.45) is 0 Å². The van der Waals surface area contributed by atoms with E-state index in [0.717, 1.165) is 12.0 Å². The average molecular weight is 262 g/mol. The molecule has 0 aliphatic carbocycles. The van der Waals surface area contributed by atoms with Gasteiger partial charge in [0.05, 0.1) is 7.11 Å². The first-order valence-electron chi connectivity index (χ1n) is 6.11. The highest BCUT2D eigenvalue weighted by Crippen LogP contribution is 2.34. The largest absolute Gasteiger partial charge is 0.504 e. The molecule has 0 fully saturated rings. The van der Waals surface area contributed by atoms with Gasteiger partial charge in [-0.05, 0) is 36.2 Å². The first-order valence-corrected chi connectivity index (χ1v) is 6.92. The lowest BCUT2D eigenvalue weighted by molar-refractivity contribution is 0.373. The van der Waals surface area contributed by atoms with Crippen LogP contribution in [0.4, 0.5) is 0 Å². The van der Waals surface area contributed by atoms with E-state index < -0.39 is 0 Å². The Balaban J connectivity index is 2.27. The summed E-state index contributed by atoms with van der Waals surface area (Å²) in [5.74, 6) is 1.02. The Labute approximate surface area is 112 Å². The molecule has 0 aliphatic rings. The topological polar surface area (TPSA) is 29.5 Å². The fourth-order valence-corrected chi connectivity index (χ4v) is 2.99. The first kappa shape index (κ1) is 13.0. The molecule has 0 spiro atoms. The Morgan fingerprint density at radius 3 is 2.61 bits per heavy atom. The van der Waals surface area contributed by atoms with Crippen molar-refractivity contribution < 1.29 is 9.84 Å². The molecule has 2 nitrogen and oxygen atoms in total. The Morgan fingerprint density at radius 2 is 2.06 bits per heavy atom. The molecular weight excluding hydrogens is 244 g/mol. The van der Waals surface area contributed by atoms with Crippen LogP contribution < -0.4 is 4.74 Å². The van der Waals surface area contributed by atoms with Crippen LogP contribution in [0.15, 0.2) is 30.3 Å². The standard InChI is InChI=1S/C15H18O2S/c1-4-12-6-8-15(18-12)10(2)11-5-7-14(17-3)13(16)9-11/h5-10,16H,4H2,1-3H3. The van der Waals surface area contributed by atoms with E-state index in [1.54, 1.807) is 13.2 Å². The summed E-state index contributed by atoms with van der Waals surface area (Å²) in [5, 5.41) is 9.82. The number of phenolic OH excluding ortho intramolecular Hbond substituents is 1. The number of methoxy groups -OCH3 is 1. The summed E-state index contributed by atoms with van der Waals surface area (Å²) in [6.07, 6.45) is 1.07. The smallest absolute Gasteiger partial charge is 0.160 e. The van der Waals surface area contributed by atoms with Crippen LogP contribution >= 0.6 is 11.3 Å². The normalized spacial score (nSPS) is 12.4. The van der Waals surface area contributed by atoms with E-state index in [1.807, 2.05) is 23.5 Å². The third-order valence-electron chi connectivity index (χ3n) is 3.16. The molecule has 18 heavy (non-hydrogen) atoms. The zero-order valence-electron chi connectivity index (χ0n) is 10.9. The summed E-state index contributed by atoms with van der Waals surface area (Å²) in [6, 6.07) is 9.97. The minimum absolute atomic E-state index is 0.203. The summed E-state index contributed by atoms with van der Waals surface area (Å²) < 4.78 is 5.06. The molecule has 0 saturated carbocycles. The van der Waals surface area contributed by atoms with Crippen molar-refractivity contribution in [3.05, 3.63) is 45.6 Å². The van der Waals surface area contributed by atoms with Crippen LogP contribution in [0.3, 0.4) is 0 Å². The second kappa shape index (κ2) is 5.44. The number of thiophene rings is 1. The van der Waals surface area contributed by atoms with Gasteiger partial charge in [0.1, 0.15) is 0 Å². The summed E-state index contributed by atoms with van der Waals surface area (Å²) in [6.45, 7) is 4.33. The van der Waals surface area contributed by atoms with Crippen LogP contribution in [0.25, 0.3) is 0 Å². The molecule has 1 atom stereocenters. The number of rotatable bonds is 4. The van der Waals surface area contributed by atoms with Gasteiger partial charge in [-0.1, -0.05) is 19.9 Å². The third-order valence-corrected chi connectivity index (χ3v) is 4.57. The molecule has 1 aromatic heterocycles. The number of aryl methyl sites for hydroxylation is 1. The summed E-state index contributed by atoms with van der Waals surface area (Å²) in [7, 11) is 1.56. The zero-order valence-corrected chi connectivity index (χ0v) is 11.8. The fourth-order valence-electron chi connectivity index (χ4n) is 1.96. The number of benzene rings is 1. The SMILES string of the molecule is CCc1ccc(C(C)c2ccc(OC)c(O)c2)s1. The van der Waals surface area contributed by atoms with E-state index >= 15 is 0 Å². The van der Waals surface area contributed by atoms with Crippen LogP contribution in [0, 0.1) is 0 Å². The highest BCUT2D eigenvalue weighted by Gasteiger charge is 2.13. The third kappa shape index (κ3) is 2.51. The maximum absolute atomic E-state index is 9.82. The number of ether oxygens (including phenoxy) is 1. The number of phenols is 1. The summed E-state index contributed by atoms with van der Waals surface area (Å²) in [5.41, 5.74) is 1.11. The molecule has 2 aromatic rings. The predicted molar refractivity (Wildman–Crippen MR) is 75.9 cm³/mol. The quantitative estimate of drug-likeness (QED) is 0.895. The lowest BCUT2D eigenvalue weighted by Gasteiger charge is -2.12. The van der Waals surface area contributed by atoms with Gasteiger partial charge in [-0.25, -0.2) is 0 Å². The van der Waals surface area contributed by atoms with Gasteiger partial charge in [-0.15, -0.1) is 11.3 Å². The molecule has 96 valence electrons. The van der Waals surface area contributed by atoms with Crippen molar-refractivity contribution in [1.82, 2.24) is 0 Å². The lowest BCUT2D eigenvalue weighted by atomic mass is 9.99. The molecule has 3 heteroatoms. The second-order valence-electron chi connectivity index (χ2n) is 4.31. The Bertz CT molecular complexity index is 531. The molecule has 1 aromatic carbocycles. The average Bonchev–Trinajstić information content (AvgIpc) is 2.86. The monoisotopic (exact) mass is 262 g/mol. The summed E-state index contributed by atoms with van der Waals surface area (Å²) in [4.78, 5) is 2.73. The highest BCUT2D eigenvalue weighted by molar-refractivity contribution is 7.12. The van der Waals surface area contributed by atoms with E-state index in [4.69, 9.17) is 4.74 Å². The first-order chi connectivity index (χ1) is 8.65. The van der Waals surface area contributed by atoms with Gasteiger partial charge in [-0.3, -0.25) is 0 Å². The van der Waals surface area contributed by atoms with Crippen LogP contribution in [0.1, 0.15) is 35.1 Å². The minimum atomic E-state index is 0.203. The van der Waals surface area contributed by atoms with E-state index in [0.29, 0.717) is 11.7 Å². The molecule has 2 rings (SSSR count). The van der Waals surface area contributed by atoms with Crippen LogP contribution in [0.2, 0.25) is 0 Å².